The fourth-order valence-electron chi connectivity index (χ4n) is 1.58. The first-order valence-electron chi connectivity index (χ1n) is 4.53. The fourth-order valence-corrected chi connectivity index (χ4v) is 1.85. The van der Waals surface area contributed by atoms with Crippen LogP contribution in [0.25, 0.3) is 10.9 Å². The summed E-state index contributed by atoms with van der Waals surface area (Å²) in [5.41, 5.74) is 0.730. The van der Waals surface area contributed by atoms with E-state index in [1.165, 1.54) is 0 Å². The largest absolute Gasteiger partial charge is 0.476 e. The van der Waals surface area contributed by atoms with Crippen LogP contribution in [0, 0.1) is 0 Å². The van der Waals surface area contributed by atoms with E-state index < -0.39 is 5.97 Å². The van der Waals surface area contributed by atoms with Gasteiger partial charge in [-0.1, -0.05) is 23.7 Å². The van der Waals surface area contributed by atoms with Crippen LogP contribution in [0.5, 0.6) is 0 Å². The zero-order valence-corrected chi connectivity index (χ0v) is 8.82. The molecule has 1 N–H and O–H groups in total. The van der Waals surface area contributed by atoms with Crippen molar-refractivity contribution in [2.75, 3.05) is 0 Å². The number of halogens is 1. The molecule has 0 aliphatic rings. The Hall–Kier alpha value is -1.55. The van der Waals surface area contributed by atoms with Gasteiger partial charge in [-0.3, -0.25) is 4.68 Å². The van der Waals surface area contributed by atoms with Gasteiger partial charge in [0.15, 0.2) is 5.69 Å². The highest BCUT2D eigenvalue weighted by Gasteiger charge is 2.16. The van der Waals surface area contributed by atoms with Crippen molar-refractivity contribution in [1.29, 1.82) is 0 Å². The van der Waals surface area contributed by atoms with Crippen molar-refractivity contribution < 1.29 is 9.90 Å². The molecule has 0 aliphatic heterocycles. The van der Waals surface area contributed by atoms with Crippen LogP contribution in [0.2, 0.25) is 5.02 Å². The zero-order valence-electron chi connectivity index (χ0n) is 8.07. The van der Waals surface area contributed by atoms with E-state index in [9.17, 15) is 4.79 Å². The summed E-state index contributed by atoms with van der Waals surface area (Å²) in [6, 6.07) is 5.16. The van der Waals surface area contributed by atoms with E-state index in [1.54, 1.807) is 22.9 Å². The van der Waals surface area contributed by atoms with Gasteiger partial charge in [-0.05, 0) is 13.0 Å². The lowest BCUT2D eigenvalue weighted by molar-refractivity contribution is 0.0691. The van der Waals surface area contributed by atoms with Crippen LogP contribution >= 0.6 is 11.6 Å². The summed E-state index contributed by atoms with van der Waals surface area (Å²) in [7, 11) is 0. The highest BCUT2D eigenvalue weighted by Crippen LogP contribution is 2.25. The number of hydrogen-bond acceptors (Lipinski definition) is 2. The molecule has 0 saturated heterocycles. The SMILES string of the molecule is CCn1nc(C(=O)O)c2cccc(Cl)c21. The number of nitrogens with zero attached hydrogens (tertiary/aromatic N) is 2. The standard InChI is InChI=1S/C10H9ClN2O2/c1-2-13-9-6(4-3-5-7(9)11)8(12-13)10(14)15/h3-5H,2H2,1H3,(H,14,15). The van der Waals surface area contributed by atoms with Crippen molar-refractivity contribution >= 4 is 28.5 Å². The summed E-state index contributed by atoms with van der Waals surface area (Å²) < 4.78 is 1.60. The number of aryl methyl sites for hydroxylation is 1. The Morgan fingerprint density at radius 3 is 2.93 bits per heavy atom. The molecular formula is C10H9ClN2O2. The maximum absolute atomic E-state index is 10.9. The highest BCUT2D eigenvalue weighted by molar-refractivity contribution is 6.35. The lowest BCUT2D eigenvalue weighted by Crippen LogP contribution is -2.01. The van der Waals surface area contributed by atoms with Crippen LogP contribution in [0.15, 0.2) is 18.2 Å². The molecule has 0 radical (unpaired) electrons. The predicted octanol–water partition coefficient (Wildman–Crippen LogP) is 2.41. The Labute approximate surface area is 91.1 Å². The number of carboxylic acid groups (broad SMARTS) is 1. The van der Waals surface area contributed by atoms with Crippen molar-refractivity contribution in [2.24, 2.45) is 0 Å². The van der Waals surface area contributed by atoms with Crippen LogP contribution in [0.4, 0.5) is 0 Å². The van der Waals surface area contributed by atoms with E-state index in [0.29, 0.717) is 22.5 Å². The van der Waals surface area contributed by atoms with Crippen LogP contribution in [0.1, 0.15) is 17.4 Å². The first-order valence-corrected chi connectivity index (χ1v) is 4.91. The highest BCUT2D eigenvalue weighted by atomic mass is 35.5. The molecule has 78 valence electrons. The Balaban J connectivity index is 2.87. The molecule has 2 aromatic rings. The average molecular weight is 225 g/mol. The fraction of sp³-hybridized carbons (Fsp3) is 0.200. The van der Waals surface area contributed by atoms with Gasteiger partial charge in [0, 0.05) is 11.9 Å². The quantitative estimate of drug-likeness (QED) is 0.852. The molecule has 15 heavy (non-hydrogen) atoms. The van der Waals surface area contributed by atoms with E-state index in [-0.39, 0.29) is 5.69 Å². The molecule has 1 aromatic carbocycles. The summed E-state index contributed by atoms with van der Waals surface area (Å²) in [5.74, 6) is -1.03. The maximum Gasteiger partial charge on any atom is 0.357 e. The van der Waals surface area contributed by atoms with Gasteiger partial charge in [-0.2, -0.15) is 5.10 Å². The third-order valence-electron chi connectivity index (χ3n) is 2.22. The third-order valence-corrected chi connectivity index (χ3v) is 2.53. The van der Waals surface area contributed by atoms with E-state index in [0.717, 1.165) is 0 Å². The molecule has 0 aliphatic carbocycles. The van der Waals surface area contributed by atoms with Crippen molar-refractivity contribution in [3.8, 4) is 0 Å². The second-order valence-electron chi connectivity index (χ2n) is 3.11. The van der Waals surface area contributed by atoms with Crippen molar-refractivity contribution in [1.82, 2.24) is 9.78 Å². The smallest absolute Gasteiger partial charge is 0.357 e. The van der Waals surface area contributed by atoms with E-state index >= 15 is 0 Å². The Kier molecular flexibility index (Phi) is 2.36. The van der Waals surface area contributed by atoms with Crippen LogP contribution in [-0.4, -0.2) is 20.9 Å². The van der Waals surface area contributed by atoms with Crippen molar-refractivity contribution in [2.45, 2.75) is 13.5 Å². The zero-order chi connectivity index (χ0) is 11.0. The molecule has 0 saturated carbocycles. The lowest BCUT2D eigenvalue weighted by atomic mass is 10.2. The molecule has 0 bridgehead atoms. The van der Waals surface area contributed by atoms with E-state index in [1.807, 2.05) is 6.92 Å². The predicted molar refractivity (Wildman–Crippen MR) is 57.4 cm³/mol. The maximum atomic E-state index is 10.9. The average Bonchev–Trinajstić information content (AvgIpc) is 2.58. The number of carbonyl (C=O) groups is 1. The normalized spacial score (nSPS) is 10.8. The molecule has 4 nitrogen and oxygen atoms in total. The molecule has 1 aromatic heterocycles. The van der Waals surface area contributed by atoms with Gasteiger partial charge in [0.25, 0.3) is 0 Å². The molecule has 0 amide bonds. The topological polar surface area (TPSA) is 55.1 Å². The second-order valence-corrected chi connectivity index (χ2v) is 3.51. The molecule has 0 atom stereocenters. The van der Waals surface area contributed by atoms with Gasteiger partial charge in [0.2, 0.25) is 0 Å². The number of hydrogen-bond donors (Lipinski definition) is 1. The lowest BCUT2D eigenvalue weighted by Gasteiger charge is -1.98. The summed E-state index contributed by atoms with van der Waals surface area (Å²) >= 11 is 6.01. The number of fused-ring (bicyclic) bond motifs is 1. The van der Waals surface area contributed by atoms with Crippen molar-refractivity contribution in [3.05, 3.63) is 28.9 Å². The van der Waals surface area contributed by atoms with E-state index in [2.05, 4.69) is 5.10 Å². The Bertz CT molecular complexity index is 533. The molecular weight excluding hydrogens is 216 g/mol. The van der Waals surface area contributed by atoms with Gasteiger partial charge >= 0.3 is 5.97 Å². The number of aromatic nitrogens is 2. The minimum atomic E-state index is -1.03. The van der Waals surface area contributed by atoms with Gasteiger partial charge in [-0.15, -0.1) is 0 Å². The minimum Gasteiger partial charge on any atom is -0.476 e. The molecule has 0 spiro atoms. The van der Waals surface area contributed by atoms with Crippen LogP contribution in [-0.2, 0) is 6.54 Å². The van der Waals surface area contributed by atoms with Crippen molar-refractivity contribution in [3.63, 3.8) is 0 Å². The van der Waals surface area contributed by atoms with Gasteiger partial charge in [0.05, 0.1) is 10.5 Å². The number of aromatic carboxylic acids is 1. The monoisotopic (exact) mass is 224 g/mol. The number of para-hydroxylation sites is 1. The first-order chi connectivity index (χ1) is 7.15. The summed E-state index contributed by atoms with van der Waals surface area (Å²) in [6.45, 7) is 2.48. The molecule has 0 fully saturated rings. The number of rotatable bonds is 2. The number of carboxylic acids is 1. The summed E-state index contributed by atoms with van der Waals surface area (Å²) in [4.78, 5) is 10.9. The second kappa shape index (κ2) is 3.55. The van der Waals surface area contributed by atoms with Gasteiger partial charge in [-0.25, -0.2) is 4.79 Å². The van der Waals surface area contributed by atoms with Gasteiger partial charge < -0.3 is 5.11 Å². The van der Waals surface area contributed by atoms with E-state index in [4.69, 9.17) is 16.7 Å². The first kappa shape index (κ1) is 9.98. The van der Waals surface area contributed by atoms with Gasteiger partial charge in [0.1, 0.15) is 0 Å². The number of benzene rings is 1. The molecule has 5 heteroatoms. The summed E-state index contributed by atoms with van der Waals surface area (Å²) in [6.07, 6.45) is 0. The molecule has 0 unspecified atom stereocenters. The minimum absolute atomic E-state index is 0.0503. The summed E-state index contributed by atoms with van der Waals surface area (Å²) in [5, 5.41) is 14.1. The van der Waals surface area contributed by atoms with Crippen LogP contribution < -0.4 is 0 Å². The Morgan fingerprint density at radius 2 is 2.33 bits per heavy atom. The van der Waals surface area contributed by atoms with Crippen LogP contribution in [0.3, 0.4) is 0 Å². The third kappa shape index (κ3) is 1.47. The molecule has 1 heterocycles. The Morgan fingerprint density at radius 1 is 1.60 bits per heavy atom. The molecule has 2 rings (SSSR count).